The van der Waals surface area contributed by atoms with E-state index in [1.165, 1.54) is 13.1 Å². The van der Waals surface area contributed by atoms with Gasteiger partial charge in [0.25, 0.3) is 0 Å². The number of hydrogen-bond acceptors (Lipinski definition) is 2. The number of hydrogen-bond donors (Lipinski definition) is 0. The zero-order valence-corrected chi connectivity index (χ0v) is 14.3. The maximum absolute atomic E-state index is 8.57. The van der Waals surface area contributed by atoms with Gasteiger partial charge < -0.3 is 4.42 Å². The van der Waals surface area contributed by atoms with Crippen molar-refractivity contribution in [2.45, 2.75) is 33.4 Å². The lowest BCUT2D eigenvalue weighted by Crippen LogP contribution is -2.31. The molecule has 25 heavy (non-hydrogen) atoms. The lowest BCUT2D eigenvalue weighted by atomic mass is 9.98. The molecule has 0 aliphatic heterocycles. The van der Waals surface area contributed by atoms with E-state index in [0.717, 1.165) is 16.8 Å². The van der Waals surface area contributed by atoms with Crippen LogP contribution in [0.5, 0.6) is 0 Å². The molecule has 0 N–H and O–H groups in total. The number of benzene rings is 1. The molecule has 4 rings (SSSR count). The van der Waals surface area contributed by atoms with Crippen molar-refractivity contribution in [3.63, 3.8) is 0 Å². The molecule has 0 fully saturated rings. The maximum atomic E-state index is 8.57. The summed E-state index contributed by atoms with van der Waals surface area (Å²) in [6, 6.07) is 8.72. The fourth-order valence-electron chi connectivity index (χ4n) is 3.35. The van der Waals surface area contributed by atoms with Crippen LogP contribution in [0.15, 0.2) is 47.1 Å². The Kier molecular flexibility index (Phi) is 2.21. The Morgan fingerprint density at radius 2 is 2.12 bits per heavy atom. The minimum absolute atomic E-state index is 0.130. The van der Waals surface area contributed by atoms with Gasteiger partial charge in [0.15, 0.2) is 6.20 Å². The Labute approximate surface area is 157 Å². The third kappa shape index (κ3) is 2.42. The molecule has 0 saturated heterocycles. The Morgan fingerprint density at radius 3 is 2.88 bits per heavy atom. The predicted octanol–water partition coefficient (Wildman–Crippen LogP) is 5.21. The fourth-order valence-corrected chi connectivity index (χ4v) is 3.35. The zero-order valence-electron chi connectivity index (χ0n) is 21.3. The minimum atomic E-state index is -2.58. The van der Waals surface area contributed by atoms with E-state index >= 15 is 0 Å². The molecule has 3 heterocycles. The molecule has 0 saturated carbocycles. The number of pyridine rings is 2. The van der Waals surface area contributed by atoms with Crippen LogP contribution < -0.4 is 4.57 Å². The molecule has 0 amide bonds. The first-order valence-electron chi connectivity index (χ1n) is 11.6. The summed E-state index contributed by atoms with van der Waals surface area (Å²) in [6.07, 6.45) is 3.03. The molecule has 0 aliphatic carbocycles. The Morgan fingerprint density at radius 1 is 1.24 bits per heavy atom. The van der Waals surface area contributed by atoms with Crippen molar-refractivity contribution >= 4 is 21.9 Å². The minimum Gasteiger partial charge on any atom is -0.455 e. The van der Waals surface area contributed by atoms with E-state index in [9.17, 15) is 0 Å². The smallest absolute Gasteiger partial charge is 0.216 e. The SMILES string of the molecule is [2H]C([2H])([2H])c1ccc(-c2c(C)ccc3c2oc2ccnc(C([2H])(C)C([2H])([2H])[2H])c23)[n+](C)c1. The summed E-state index contributed by atoms with van der Waals surface area (Å²) in [5, 5.41) is 1.16. The van der Waals surface area contributed by atoms with E-state index in [1.807, 2.05) is 19.1 Å². The van der Waals surface area contributed by atoms with Crippen LogP contribution in [0.25, 0.3) is 33.2 Å². The van der Waals surface area contributed by atoms with Crippen molar-refractivity contribution in [1.29, 1.82) is 0 Å². The van der Waals surface area contributed by atoms with Gasteiger partial charge in [-0.3, -0.25) is 4.98 Å². The molecule has 4 aromatic rings. The van der Waals surface area contributed by atoms with Crippen molar-refractivity contribution < 1.29 is 18.6 Å². The van der Waals surface area contributed by atoms with Gasteiger partial charge in [0.2, 0.25) is 5.69 Å². The van der Waals surface area contributed by atoms with Crippen LogP contribution in [-0.4, -0.2) is 4.98 Å². The molecule has 0 aliphatic rings. The van der Waals surface area contributed by atoms with Crippen LogP contribution in [0.4, 0.5) is 0 Å². The normalized spacial score (nSPS) is 19.2. The number of nitrogens with zero attached hydrogens (tertiary/aromatic N) is 2. The highest BCUT2D eigenvalue weighted by atomic mass is 16.3. The van der Waals surface area contributed by atoms with Gasteiger partial charge in [0.05, 0.1) is 16.6 Å². The van der Waals surface area contributed by atoms with Crippen LogP contribution in [0.3, 0.4) is 0 Å². The summed E-state index contributed by atoms with van der Waals surface area (Å²) in [5.41, 5.74) is 3.77. The molecular weight excluding hydrogens is 308 g/mol. The highest BCUT2D eigenvalue weighted by Gasteiger charge is 2.22. The second kappa shape index (κ2) is 5.69. The van der Waals surface area contributed by atoms with E-state index in [4.69, 9.17) is 14.0 Å². The van der Waals surface area contributed by atoms with Gasteiger partial charge in [-0.25, -0.2) is 4.57 Å². The van der Waals surface area contributed by atoms with E-state index in [1.54, 1.807) is 36.0 Å². The van der Waals surface area contributed by atoms with Gasteiger partial charge in [0, 0.05) is 32.8 Å². The molecule has 0 radical (unpaired) electrons. The first kappa shape index (κ1) is 9.71. The second-order valence-corrected chi connectivity index (χ2v) is 6.31. The molecule has 1 atom stereocenters. The summed E-state index contributed by atoms with van der Waals surface area (Å²) in [4.78, 5) is 4.27. The summed E-state index contributed by atoms with van der Waals surface area (Å²) in [5.74, 6) is -1.93. The van der Waals surface area contributed by atoms with Crippen LogP contribution in [0.1, 0.15) is 46.1 Å². The summed E-state index contributed by atoms with van der Waals surface area (Å²) >= 11 is 0. The standard InChI is InChI=1S/C22H23N2O/c1-13(2)21-20-16-8-7-15(4)19(17-9-6-14(3)12-24(17)5)22(16)25-18(20)10-11-23-21/h6-13H,1-5H3/q+1/i1D3,3D3,13D. The third-order valence-electron chi connectivity index (χ3n) is 4.50. The zero-order chi connectivity index (χ0) is 23.6. The second-order valence-electron chi connectivity index (χ2n) is 6.31. The first-order chi connectivity index (χ1) is 14.7. The number of aromatic nitrogens is 2. The number of rotatable bonds is 2. The summed E-state index contributed by atoms with van der Waals surface area (Å²) in [7, 11) is 1.77. The third-order valence-corrected chi connectivity index (χ3v) is 4.50. The lowest BCUT2D eigenvalue weighted by molar-refractivity contribution is -0.660. The van der Waals surface area contributed by atoms with Crippen LogP contribution >= 0.6 is 0 Å². The van der Waals surface area contributed by atoms with Crippen LogP contribution in [0, 0.1) is 13.8 Å². The van der Waals surface area contributed by atoms with Crippen molar-refractivity contribution in [3.8, 4) is 11.3 Å². The van der Waals surface area contributed by atoms with Gasteiger partial charge in [-0.2, -0.15) is 0 Å². The topological polar surface area (TPSA) is 29.9 Å². The Balaban J connectivity index is 2.05. The molecule has 1 unspecified atom stereocenters. The van der Waals surface area contributed by atoms with Crippen molar-refractivity contribution in [1.82, 2.24) is 4.98 Å². The number of aryl methyl sites for hydroxylation is 3. The molecule has 3 heteroatoms. The highest BCUT2D eigenvalue weighted by Crippen LogP contribution is 2.39. The van der Waals surface area contributed by atoms with Crippen LogP contribution in [-0.2, 0) is 7.05 Å². The van der Waals surface area contributed by atoms with Crippen molar-refractivity contribution in [2.24, 2.45) is 7.05 Å². The van der Waals surface area contributed by atoms with Crippen molar-refractivity contribution in [3.05, 3.63) is 59.5 Å². The Bertz CT molecular complexity index is 1350. The molecule has 126 valence electrons. The predicted molar refractivity (Wildman–Crippen MR) is 102 cm³/mol. The highest BCUT2D eigenvalue weighted by molar-refractivity contribution is 6.10. The molecule has 1 aromatic carbocycles. The molecule has 3 nitrogen and oxygen atoms in total. The van der Waals surface area contributed by atoms with Gasteiger partial charge in [-0.1, -0.05) is 25.9 Å². The van der Waals surface area contributed by atoms with Gasteiger partial charge in [-0.05, 0) is 37.4 Å². The van der Waals surface area contributed by atoms with Gasteiger partial charge in [0.1, 0.15) is 18.2 Å². The van der Waals surface area contributed by atoms with Crippen LogP contribution in [0.2, 0.25) is 0 Å². The molecule has 0 spiro atoms. The quantitative estimate of drug-likeness (QED) is 0.469. The average molecular weight is 338 g/mol. The number of fused-ring (bicyclic) bond motifs is 3. The monoisotopic (exact) mass is 338 g/mol. The molecular formula is C22H23N2O+. The van der Waals surface area contributed by atoms with E-state index < -0.39 is 19.6 Å². The average Bonchev–Trinajstić information content (AvgIpc) is 3.05. The van der Waals surface area contributed by atoms with Gasteiger partial charge >= 0.3 is 0 Å². The maximum Gasteiger partial charge on any atom is 0.216 e. The summed E-state index contributed by atoms with van der Waals surface area (Å²) in [6.45, 7) is -1.53. The number of furan rings is 1. The summed E-state index contributed by atoms with van der Waals surface area (Å²) < 4.78 is 63.0. The van der Waals surface area contributed by atoms with E-state index in [2.05, 4.69) is 4.98 Å². The van der Waals surface area contributed by atoms with E-state index in [0.29, 0.717) is 21.9 Å². The molecule has 3 aromatic heterocycles. The fraction of sp³-hybridized carbons (Fsp3) is 0.273. The Hall–Kier alpha value is -2.68. The van der Waals surface area contributed by atoms with Crippen molar-refractivity contribution in [2.75, 3.05) is 0 Å². The lowest BCUT2D eigenvalue weighted by Gasteiger charge is -2.07. The van der Waals surface area contributed by atoms with Gasteiger partial charge in [-0.15, -0.1) is 0 Å². The largest absolute Gasteiger partial charge is 0.455 e. The first-order valence-corrected chi connectivity index (χ1v) is 8.05. The van der Waals surface area contributed by atoms with E-state index in [-0.39, 0.29) is 11.3 Å². The molecule has 0 bridgehead atoms.